The van der Waals surface area contributed by atoms with Gasteiger partial charge in [-0.3, -0.25) is 9.69 Å². The predicted molar refractivity (Wildman–Crippen MR) is 135 cm³/mol. The number of aromatic nitrogens is 1. The molecule has 2 N–H and O–H groups in total. The van der Waals surface area contributed by atoms with Crippen molar-refractivity contribution in [2.45, 2.75) is 36.8 Å². The highest BCUT2D eigenvalue weighted by atomic mass is 35.5. The number of aliphatic hydroxyl groups is 1. The number of fused-ring (bicyclic) bond motifs is 1. The lowest BCUT2D eigenvalue weighted by Gasteiger charge is -2.27. The summed E-state index contributed by atoms with van der Waals surface area (Å²) in [6.07, 6.45) is 3.63. The number of carbonyl (C=O) groups excluding carboxylic acids is 1. The van der Waals surface area contributed by atoms with Crippen LogP contribution in [-0.4, -0.2) is 46.9 Å². The van der Waals surface area contributed by atoms with E-state index in [4.69, 9.17) is 32.7 Å². The molecule has 2 aromatic carbocycles. The molecule has 7 nitrogen and oxygen atoms in total. The summed E-state index contributed by atoms with van der Waals surface area (Å²) in [4.78, 5) is 21.0. The fourth-order valence-corrected chi connectivity index (χ4v) is 6.39. The quantitative estimate of drug-likeness (QED) is 0.465. The van der Waals surface area contributed by atoms with Gasteiger partial charge in [0.25, 0.3) is 0 Å². The van der Waals surface area contributed by atoms with E-state index in [1.165, 1.54) is 11.3 Å². The number of aliphatic hydroxyl groups excluding tert-OH is 1. The molecule has 1 saturated heterocycles. The Morgan fingerprint density at radius 2 is 2.03 bits per heavy atom. The highest BCUT2D eigenvalue weighted by Crippen LogP contribution is 2.51. The van der Waals surface area contributed by atoms with E-state index >= 15 is 0 Å². The number of β-amino-alcohol motifs (C(OH)–C–C–N with tert-alkyl or cyclic N) is 1. The summed E-state index contributed by atoms with van der Waals surface area (Å²) >= 11 is 14.1. The molecule has 3 aromatic rings. The molecule has 0 radical (unpaired) electrons. The third kappa shape index (κ3) is 4.27. The van der Waals surface area contributed by atoms with E-state index in [0.717, 1.165) is 35.4 Å². The Hall–Kier alpha value is -2.36. The first-order valence-corrected chi connectivity index (χ1v) is 13.0. The summed E-state index contributed by atoms with van der Waals surface area (Å²) in [7, 11) is 0. The number of ether oxygens (including phenoxy) is 2. The first-order valence-electron chi connectivity index (χ1n) is 11.5. The molecule has 2 atom stereocenters. The molecule has 10 heteroatoms. The summed E-state index contributed by atoms with van der Waals surface area (Å²) in [5.74, 6) is 1.30. The number of rotatable bonds is 6. The SMILES string of the molecule is O=C(Nc1ncc(C(c2ccc(Cl)cc2Cl)N2CC[C@@H](O)C2)s1)C1(c2ccc3c(c2)OCO3)CC1. The number of hydrogen-bond donors (Lipinski definition) is 2. The normalized spacial score (nSPS) is 21.2. The molecule has 182 valence electrons. The minimum Gasteiger partial charge on any atom is -0.454 e. The van der Waals surface area contributed by atoms with E-state index < -0.39 is 5.41 Å². The molecule has 35 heavy (non-hydrogen) atoms. The van der Waals surface area contributed by atoms with Gasteiger partial charge >= 0.3 is 0 Å². The fraction of sp³-hybridized carbons (Fsp3) is 0.360. The second-order valence-electron chi connectivity index (χ2n) is 9.18. The number of benzene rings is 2. The van der Waals surface area contributed by atoms with Gasteiger partial charge in [-0.15, -0.1) is 0 Å². The second-order valence-corrected chi connectivity index (χ2v) is 11.1. The zero-order chi connectivity index (χ0) is 24.2. The number of likely N-dealkylation sites (tertiary alicyclic amines) is 1. The van der Waals surface area contributed by atoms with Crippen molar-refractivity contribution in [1.29, 1.82) is 0 Å². The average Bonchev–Trinajstić information content (AvgIpc) is 3.12. The van der Waals surface area contributed by atoms with Crippen molar-refractivity contribution in [3.8, 4) is 11.5 Å². The van der Waals surface area contributed by atoms with E-state index in [-0.39, 0.29) is 24.8 Å². The lowest BCUT2D eigenvalue weighted by atomic mass is 9.94. The number of carbonyl (C=O) groups is 1. The Labute approximate surface area is 216 Å². The topological polar surface area (TPSA) is 83.9 Å². The third-order valence-electron chi connectivity index (χ3n) is 6.94. The van der Waals surface area contributed by atoms with Gasteiger partial charge in [-0.25, -0.2) is 4.98 Å². The molecule has 1 saturated carbocycles. The van der Waals surface area contributed by atoms with Gasteiger partial charge in [-0.05, 0) is 54.7 Å². The molecule has 2 fully saturated rings. The highest BCUT2D eigenvalue weighted by Gasteiger charge is 2.52. The van der Waals surface area contributed by atoms with Crippen LogP contribution in [0.15, 0.2) is 42.6 Å². The summed E-state index contributed by atoms with van der Waals surface area (Å²) in [6, 6.07) is 11.0. The van der Waals surface area contributed by atoms with Gasteiger partial charge < -0.3 is 19.9 Å². The molecule has 1 unspecified atom stereocenters. The van der Waals surface area contributed by atoms with Crippen LogP contribution in [-0.2, 0) is 10.2 Å². The van der Waals surface area contributed by atoms with Crippen molar-refractivity contribution in [2.75, 3.05) is 25.2 Å². The van der Waals surface area contributed by atoms with Gasteiger partial charge in [0.2, 0.25) is 12.7 Å². The van der Waals surface area contributed by atoms with Crippen LogP contribution in [0.25, 0.3) is 0 Å². The van der Waals surface area contributed by atoms with Crippen molar-refractivity contribution in [3.63, 3.8) is 0 Å². The molecule has 0 bridgehead atoms. The van der Waals surface area contributed by atoms with Crippen LogP contribution in [0.1, 0.15) is 41.3 Å². The number of nitrogens with one attached hydrogen (secondary N) is 1. The molecular formula is C25H23Cl2N3O4S. The minimum atomic E-state index is -0.579. The maximum absolute atomic E-state index is 13.3. The summed E-state index contributed by atoms with van der Waals surface area (Å²) in [5.41, 5.74) is 1.24. The largest absolute Gasteiger partial charge is 0.454 e. The van der Waals surface area contributed by atoms with Crippen molar-refractivity contribution in [2.24, 2.45) is 0 Å². The fourth-order valence-electron chi connectivity index (χ4n) is 4.91. The van der Waals surface area contributed by atoms with Gasteiger partial charge in [0.1, 0.15) is 0 Å². The maximum Gasteiger partial charge on any atom is 0.236 e. The van der Waals surface area contributed by atoms with Crippen molar-refractivity contribution < 1.29 is 19.4 Å². The van der Waals surface area contributed by atoms with Crippen LogP contribution in [0.4, 0.5) is 5.13 Å². The molecule has 0 spiro atoms. The summed E-state index contributed by atoms with van der Waals surface area (Å²) < 4.78 is 10.9. The highest BCUT2D eigenvalue weighted by molar-refractivity contribution is 7.15. The molecule has 6 rings (SSSR count). The molecular weight excluding hydrogens is 509 g/mol. The van der Waals surface area contributed by atoms with Gasteiger partial charge in [-0.1, -0.05) is 46.7 Å². The molecule has 1 amide bonds. The Morgan fingerprint density at radius 3 is 2.77 bits per heavy atom. The van der Waals surface area contributed by atoms with Crippen molar-refractivity contribution >= 4 is 45.6 Å². The first-order chi connectivity index (χ1) is 16.9. The first kappa shape index (κ1) is 23.1. The Bertz CT molecular complexity index is 1300. The molecule has 2 aliphatic heterocycles. The van der Waals surface area contributed by atoms with Gasteiger partial charge in [-0.2, -0.15) is 0 Å². The molecule has 3 heterocycles. The van der Waals surface area contributed by atoms with Crippen LogP contribution >= 0.6 is 34.5 Å². The number of thiazole rings is 1. The molecule has 1 aromatic heterocycles. The van der Waals surface area contributed by atoms with Crippen LogP contribution < -0.4 is 14.8 Å². The smallest absolute Gasteiger partial charge is 0.236 e. The average molecular weight is 532 g/mol. The predicted octanol–water partition coefficient (Wildman–Crippen LogP) is 5.00. The van der Waals surface area contributed by atoms with Crippen LogP contribution in [0, 0.1) is 0 Å². The maximum atomic E-state index is 13.3. The van der Waals surface area contributed by atoms with Crippen LogP contribution in [0.2, 0.25) is 10.0 Å². The second kappa shape index (κ2) is 8.94. The third-order valence-corrected chi connectivity index (χ3v) is 8.47. The zero-order valence-corrected chi connectivity index (χ0v) is 21.0. The Balaban J connectivity index is 1.25. The van der Waals surface area contributed by atoms with E-state index in [1.54, 1.807) is 12.3 Å². The van der Waals surface area contributed by atoms with E-state index in [2.05, 4.69) is 15.2 Å². The monoisotopic (exact) mass is 531 g/mol. The zero-order valence-electron chi connectivity index (χ0n) is 18.7. The Morgan fingerprint density at radius 1 is 1.20 bits per heavy atom. The van der Waals surface area contributed by atoms with Gasteiger partial charge in [0, 0.05) is 34.2 Å². The number of hydrogen-bond acceptors (Lipinski definition) is 7. The number of amides is 1. The Kier molecular flexibility index (Phi) is 5.89. The van der Waals surface area contributed by atoms with Crippen molar-refractivity contribution in [3.05, 3.63) is 68.6 Å². The van der Waals surface area contributed by atoms with E-state index in [1.807, 2.05) is 30.3 Å². The summed E-state index contributed by atoms with van der Waals surface area (Å²) in [6.45, 7) is 1.47. The summed E-state index contributed by atoms with van der Waals surface area (Å²) in [5, 5.41) is 14.9. The molecule has 3 aliphatic rings. The van der Waals surface area contributed by atoms with Gasteiger partial charge in [0.05, 0.1) is 17.6 Å². The standard InChI is InChI=1S/C25H23Cl2N3O4S/c26-15-2-3-17(18(27)10-15)22(30-8-5-16(31)12-30)21-11-28-24(35-21)29-23(32)25(6-7-25)14-1-4-19-20(9-14)34-13-33-19/h1-4,9-11,16,22,31H,5-8,12-13H2,(H,28,29,32)/t16-,22?/m1/s1. The number of halogens is 2. The van der Waals surface area contributed by atoms with E-state index in [9.17, 15) is 9.90 Å². The minimum absolute atomic E-state index is 0.0741. The van der Waals surface area contributed by atoms with Crippen molar-refractivity contribution in [1.82, 2.24) is 9.88 Å². The lowest BCUT2D eigenvalue weighted by molar-refractivity contribution is -0.118. The van der Waals surface area contributed by atoms with Crippen LogP contribution in [0.3, 0.4) is 0 Å². The van der Waals surface area contributed by atoms with E-state index in [0.29, 0.717) is 39.6 Å². The molecule has 1 aliphatic carbocycles. The lowest BCUT2D eigenvalue weighted by Crippen LogP contribution is -2.28. The van der Waals surface area contributed by atoms with Crippen LogP contribution in [0.5, 0.6) is 11.5 Å². The number of anilines is 1. The number of nitrogens with zero attached hydrogens (tertiary/aromatic N) is 2. The van der Waals surface area contributed by atoms with Gasteiger partial charge in [0.15, 0.2) is 16.6 Å².